The summed E-state index contributed by atoms with van der Waals surface area (Å²) in [5.41, 5.74) is 0.466. The Balaban J connectivity index is 2.51. The average molecular weight is 279 g/mol. The highest BCUT2D eigenvalue weighted by Gasteiger charge is 2.35. The molecule has 0 saturated heterocycles. The lowest BCUT2D eigenvalue weighted by atomic mass is 10.0. The second-order valence-electron chi connectivity index (χ2n) is 4.23. The van der Waals surface area contributed by atoms with Crippen LogP contribution in [0.1, 0.15) is 18.5 Å². The molecule has 8 heteroatoms. The second-order valence-corrected chi connectivity index (χ2v) is 4.23. The molecule has 1 aromatic rings. The fourth-order valence-corrected chi connectivity index (χ4v) is 2.04. The molecule has 1 heterocycles. The van der Waals surface area contributed by atoms with Crippen LogP contribution in [0.2, 0.25) is 0 Å². The molecule has 1 aliphatic heterocycles. The van der Waals surface area contributed by atoms with Crippen molar-refractivity contribution < 1.29 is 19.6 Å². The number of rotatable bonds is 3. The van der Waals surface area contributed by atoms with Gasteiger partial charge in [-0.25, -0.2) is 4.79 Å². The van der Waals surface area contributed by atoms with Gasteiger partial charge in [0, 0.05) is 0 Å². The Morgan fingerprint density at radius 3 is 2.75 bits per heavy atom. The van der Waals surface area contributed by atoms with Gasteiger partial charge < -0.3 is 20.5 Å². The van der Waals surface area contributed by atoms with Gasteiger partial charge in [0.05, 0.1) is 17.7 Å². The summed E-state index contributed by atoms with van der Waals surface area (Å²) in [6.07, 6.45) is 0. The molecular formula is C12H13N3O5. The lowest BCUT2D eigenvalue weighted by Crippen LogP contribution is -2.45. The Hall–Kier alpha value is -2.77. The number of hydrogen-bond acceptors (Lipinski definition) is 5. The van der Waals surface area contributed by atoms with E-state index in [1.807, 2.05) is 0 Å². The molecule has 1 atom stereocenters. The van der Waals surface area contributed by atoms with Gasteiger partial charge in [0.2, 0.25) is 0 Å². The highest BCUT2D eigenvalue weighted by Crippen LogP contribution is 2.33. The first kappa shape index (κ1) is 13.7. The normalized spacial score (nSPS) is 18.3. The summed E-state index contributed by atoms with van der Waals surface area (Å²) in [5, 5.41) is 25.5. The number of urea groups is 1. The van der Waals surface area contributed by atoms with E-state index in [-0.39, 0.29) is 22.9 Å². The summed E-state index contributed by atoms with van der Waals surface area (Å²) >= 11 is 0. The molecule has 0 unspecified atom stereocenters. The smallest absolute Gasteiger partial charge is 0.320 e. The fraction of sp³-hybridized carbons (Fsp3) is 0.250. The highest BCUT2D eigenvalue weighted by atomic mass is 16.6. The Morgan fingerprint density at radius 1 is 1.45 bits per heavy atom. The Kier molecular flexibility index (Phi) is 3.47. The molecule has 2 amide bonds. The number of nitrogens with zero attached hydrogens (tertiary/aromatic N) is 1. The van der Waals surface area contributed by atoms with E-state index < -0.39 is 17.0 Å². The van der Waals surface area contributed by atoms with E-state index in [1.165, 1.54) is 32.2 Å². The van der Waals surface area contributed by atoms with E-state index in [9.17, 15) is 20.0 Å². The van der Waals surface area contributed by atoms with Gasteiger partial charge in [-0.15, -0.1) is 0 Å². The van der Waals surface area contributed by atoms with E-state index >= 15 is 0 Å². The summed E-state index contributed by atoms with van der Waals surface area (Å²) < 4.78 is 4.96. The van der Waals surface area contributed by atoms with Crippen molar-refractivity contribution in [2.24, 2.45) is 0 Å². The molecule has 3 N–H and O–H groups in total. The zero-order valence-electron chi connectivity index (χ0n) is 10.8. The van der Waals surface area contributed by atoms with Crippen LogP contribution in [0.5, 0.6) is 11.5 Å². The third kappa shape index (κ3) is 2.35. The average Bonchev–Trinajstić information content (AvgIpc) is 2.37. The number of benzene rings is 1. The third-order valence-electron chi connectivity index (χ3n) is 2.97. The minimum atomic E-state index is -0.909. The number of phenolic OH excluding ortho intramolecular Hbond substituents is 1. The molecule has 0 fully saturated rings. The van der Waals surface area contributed by atoms with E-state index in [4.69, 9.17) is 4.74 Å². The molecule has 0 spiro atoms. The summed E-state index contributed by atoms with van der Waals surface area (Å²) in [6, 6.07) is 2.86. The quantitative estimate of drug-likeness (QED) is 0.569. The van der Waals surface area contributed by atoms with Gasteiger partial charge in [0.15, 0.2) is 11.5 Å². The van der Waals surface area contributed by atoms with Crippen LogP contribution < -0.4 is 15.4 Å². The molecule has 0 aromatic heterocycles. The Morgan fingerprint density at radius 2 is 2.15 bits per heavy atom. The van der Waals surface area contributed by atoms with Crippen molar-refractivity contribution in [3.63, 3.8) is 0 Å². The molecule has 8 nitrogen and oxygen atoms in total. The first-order valence-corrected chi connectivity index (χ1v) is 5.73. The fourth-order valence-electron chi connectivity index (χ4n) is 2.04. The van der Waals surface area contributed by atoms with Crippen LogP contribution in [0.25, 0.3) is 0 Å². The lowest BCUT2D eigenvalue weighted by molar-refractivity contribution is -0.432. The standard InChI is InChI=1S/C12H13N3O5/c1-6-11(15(18)19)10(14-12(17)13-6)7-3-4-8(16)9(5-7)20-2/h3-5,10,16H,1-2H3,(H2,13,14,17)/t10-/m0/s1. The van der Waals surface area contributed by atoms with Crippen LogP contribution in [-0.2, 0) is 0 Å². The molecule has 20 heavy (non-hydrogen) atoms. The van der Waals surface area contributed by atoms with Crippen molar-refractivity contribution in [1.82, 2.24) is 10.6 Å². The predicted octanol–water partition coefficient (Wildman–Crippen LogP) is 1.26. The maximum atomic E-state index is 11.5. The number of carbonyl (C=O) groups is 1. The second kappa shape index (κ2) is 5.08. The van der Waals surface area contributed by atoms with E-state index in [0.717, 1.165) is 0 Å². The molecule has 106 valence electrons. The van der Waals surface area contributed by atoms with Crippen molar-refractivity contribution >= 4 is 6.03 Å². The number of hydrogen-bond donors (Lipinski definition) is 3. The van der Waals surface area contributed by atoms with Crippen LogP contribution in [0.3, 0.4) is 0 Å². The van der Waals surface area contributed by atoms with Gasteiger partial charge in [-0.2, -0.15) is 0 Å². The number of carbonyl (C=O) groups excluding carboxylic acids is 1. The number of aromatic hydroxyl groups is 1. The number of allylic oxidation sites excluding steroid dienone is 1. The van der Waals surface area contributed by atoms with Gasteiger partial charge >= 0.3 is 6.03 Å². The van der Waals surface area contributed by atoms with Crippen molar-refractivity contribution in [1.29, 1.82) is 0 Å². The summed E-state index contributed by atoms with van der Waals surface area (Å²) in [5.74, 6) is 0.0931. The summed E-state index contributed by atoms with van der Waals surface area (Å²) in [6.45, 7) is 1.46. The first-order valence-electron chi connectivity index (χ1n) is 5.73. The van der Waals surface area contributed by atoms with E-state index in [1.54, 1.807) is 0 Å². The molecule has 0 bridgehead atoms. The zero-order valence-corrected chi connectivity index (χ0v) is 10.8. The molecule has 1 aliphatic rings. The number of methoxy groups -OCH3 is 1. The lowest BCUT2D eigenvalue weighted by Gasteiger charge is -2.23. The van der Waals surface area contributed by atoms with Crippen LogP contribution in [0.4, 0.5) is 4.79 Å². The maximum Gasteiger partial charge on any atom is 0.320 e. The number of ether oxygens (including phenoxy) is 1. The van der Waals surface area contributed by atoms with Crippen molar-refractivity contribution in [3.8, 4) is 11.5 Å². The predicted molar refractivity (Wildman–Crippen MR) is 68.8 cm³/mol. The van der Waals surface area contributed by atoms with Crippen LogP contribution >= 0.6 is 0 Å². The third-order valence-corrected chi connectivity index (χ3v) is 2.97. The van der Waals surface area contributed by atoms with Crippen LogP contribution in [0, 0.1) is 10.1 Å². The van der Waals surface area contributed by atoms with E-state index in [0.29, 0.717) is 5.56 Å². The number of phenols is 1. The SMILES string of the molecule is COc1cc([C@@H]2NC(=O)NC(C)=C2[N+](=O)[O-])ccc1O. The molecule has 0 aliphatic carbocycles. The molecular weight excluding hydrogens is 266 g/mol. The Labute approximate surface area is 114 Å². The zero-order chi connectivity index (χ0) is 14.9. The van der Waals surface area contributed by atoms with Crippen molar-refractivity contribution in [3.05, 3.63) is 45.3 Å². The Bertz CT molecular complexity index is 611. The summed E-state index contributed by atoms with van der Waals surface area (Å²) in [4.78, 5) is 22.1. The monoisotopic (exact) mass is 279 g/mol. The van der Waals surface area contributed by atoms with Gasteiger partial charge in [0.25, 0.3) is 5.70 Å². The number of nitrogens with one attached hydrogen (secondary N) is 2. The van der Waals surface area contributed by atoms with Gasteiger partial charge in [0.1, 0.15) is 6.04 Å². The van der Waals surface area contributed by atoms with Gasteiger partial charge in [-0.05, 0) is 24.6 Å². The minimum Gasteiger partial charge on any atom is -0.504 e. The minimum absolute atomic E-state index is 0.0835. The first-order chi connectivity index (χ1) is 9.43. The van der Waals surface area contributed by atoms with E-state index in [2.05, 4.69) is 10.6 Å². The topological polar surface area (TPSA) is 114 Å². The van der Waals surface area contributed by atoms with Gasteiger partial charge in [-0.3, -0.25) is 10.1 Å². The number of nitro groups is 1. The van der Waals surface area contributed by atoms with Crippen LogP contribution in [0.15, 0.2) is 29.6 Å². The molecule has 0 saturated carbocycles. The maximum absolute atomic E-state index is 11.5. The molecule has 0 radical (unpaired) electrons. The molecule has 1 aromatic carbocycles. The van der Waals surface area contributed by atoms with Crippen molar-refractivity contribution in [2.75, 3.05) is 7.11 Å². The molecule has 2 rings (SSSR count). The van der Waals surface area contributed by atoms with Crippen molar-refractivity contribution in [2.45, 2.75) is 13.0 Å². The highest BCUT2D eigenvalue weighted by molar-refractivity contribution is 5.78. The van der Waals surface area contributed by atoms with Crippen LogP contribution in [-0.4, -0.2) is 23.2 Å². The largest absolute Gasteiger partial charge is 0.504 e. The van der Waals surface area contributed by atoms with Gasteiger partial charge in [-0.1, -0.05) is 6.07 Å². The summed E-state index contributed by atoms with van der Waals surface area (Å²) in [7, 11) is 1.37. The number of amides is 2.